The summed E-state index contributed by atoms with van der Waals surface area (Å²) in [7, 11) is 0. The van der Waals surface area contributed by atoms with E-state index >= 15 is 0 Å². The molecule has 1 aliphatic carbocycles. The Morgan fingerprint density at radius 1 is 1.44 bits per heavy atom. The van der Waals surface area contributed by atoms with Gasteiger partial charge in [-0.1, -0.05) is 25.3 Å². The summed E-state index contributed by atoms with van der Waals surface area (Å²) >= 11 is 1.43. The molecule has 0 spiro atoms. The number of carboxylic acid groups (broad SMARTS) is 1. The number of carbonyl (C=O) groups is 1. The minimum absolute atomic E-state index is 0.369. The van der Waals surface area contributed by atoms with Crippen LogP contribution in [0.1, 0.15) is 37.8 Å². The number of thiazole rings is 1. The number of hydrogen-bond donors (Lipinski definition) is 1. The van der Waals surface area contributed by atoms with Gasteiger partial charge in [-0.25, -0.2) is 9.78 Å². The van der Waals surface area contributed by atoms with E-state index in [0.717, 1.165) is 12.8 Å². The first-order valence-corrected chi connectivity index (χ1v) is 6.55. The average Bonchev–Trinajstić information content (AvgIpc) is 2.80. The molecule has 1 aromatic rings. The summed E-state index contributed by atoms with van der Waals surface area (Å²) in [6.45, 7) is 0. The highest BCUT2D eigenvalue weighted by molar-refractivity contribution is 7.07. The average molecular weight is 237 g/mol. The largest absolute Gasteiger partial charge is 0.478 e. The monoisotopic (exact) mass is 237 g/mol. The smallest absolute Gasteiger partial charge is 0.337 e. The number of allylic oxidation sites excluding steroid dienone is 1. The van der Waals surface area contributed by atoms with Gasteiger partial charge in [-0.15, -0.1) is 11.3 Å². The topological polar surface area (TPSA) is 50.2 Å². The molecule has 1 aliphatic rings. The zero-order valence-electron chi connectivity index (χ0n) is 9.06. The maximum absolute atomic E-state index is 11.2. The molecular formula is C12H15NO2S. The van der Waals surface area contributed by atoms with Crippen LogP contribution < -0.4 is 0 Å². The molecule has 0 radical (unpaired) electrons. The van der Waals surface area contributed by atoms with Crippen molar-refractivity contribution in [2.24, 2.45) is 5.92 Å². The molecule has 0 aromatic carbocycles. The molecule has 1 fully saturated rings. The highest BCUT2D eigenvalue weighted by Crippen LogP contribution is 2.28. The number of nitrogens with zero attached hydrogens (tertiary/aromatic N) is 1. The minimum atomic E-state index is -0.864. The highest BCUT2D eigenvalue weighted by Gasteiger charge is 2.17. The molecular weight excluding hydrogens is 222 g/mol. The lowest BCUT2D eigenvalue weighted by molar-refractivity contribution is -0.130. The van der Waals surface area contributed by atoms with E-state index in [1.54, 1.807) is 10.9 Å². The summed E-state index contributed by atoms with van der Waals surface area (Å²) in [5.74, 6) is -0.446. The van der Waals surface area contributed by atoms with E-state index < -0.39 is 5.97 Å². The second-order valence-corrected chi connectivity index (χ2v) is 4.88. The van der Waals surface area contributed by atoms with Crippen molar-refractivity contribution in [3.8, 4) is 0 Å². The summed E-state index contributed by atoms with van der Waals surface area (Å²) in [6, 6.07) is 0. The van der Waals surface area contributed by atoms with Gasteiger partial charge in [0.1, 0.15) is 0 Å². The SMILES string of the molecule is O=C(O)/C(=C\C1CCCCC1)c1cscn1. The number of carboxylic acids is 1. The van der Waals surface area contributed by atoms with Crippen molar-refractivity contribution in [3.63, 3.8) is 0 Å². The molecule has 0 saturated heterocycles. The Kier molecular flexibility index (Phi) is 3.72. The first-order chi connectivity index (χ1) is 7.77. The minimum Gasteiger partial charge on any atom is -0.478 e. The van der Waals surface area contributed by atoms with Gasteiger partial charge in [0, 0.05) is 5.38 Å². The number of hydrogen-bond acceptors (Lipinski definition) is 3. The quantitative estimate of drug-likeness (QED) is 0.821. The van der Waals surface area contributed by atoms with E-state index in [-0.39, 0.29) is 0 Å². The summed E-state index contributed by atoms with van der Waals surface area (Å²) < 4.78 is 0. The Labute approximate surface area is 98.8 Å². The van der Waals surface area contributed by atoms with Crippen molar-refractivity contribution in [2.45, 2.75) is 32.1 Å². The second kappa shape index (κ2) is 5.25. The third-order valence-electron chi connectivity index (χ3n) is 2.99. The maximum Gasteiger partial charge on any atom is 0.337 e. The van der Waals surface area contributed by atoms with Crippen LogP contribution >= 0.6 is 11.3 Å². The molecule has 1 aromatic heterocycles. The van der Waals surface area contributed by atoms with Crippen LogP contribution in [0.25, 0.3) is 5.57 Å². The molecule has 1 N–H and O–H groups in total. The van der Waals surface area contributed by atoms with Gasteiger partial charge in [-0.05, 0) is 18.8 Å². The lowest BCUT2D eigenvalue weighted by Gasteiger charge is -2.18. The summed E-state index contributed by atoms with van der Waals surface area (Å²) in [6.07, 6.45) is 7.83. The van der Waals surface area contributed by atoms with Crippen LogP contribution in [0.4, 0.5) is 0 Å². The van der Waals surface area contributed by atoms with Crippen molar-refractivity contribution < 1.29 is 9.90 Å². The van der Waals surface area contributed by atoms with Crippen molar-refractivity contribution >= 4 is 22.9 Å². The third-order valence-corrected chi connectivity index (χ3v) is 3.58. The fourth-order valence-corrected chi connectivity index (χ4v) is 2.70. The van der Waals surface area contributed by atoms with Crippen molar-refractivity contribution in [3.05, 3.63) is 22.7 Å². The van der Waals surface area contributed by atoms with E-state index in [2.05, 4.69) is 4.98 Å². The van der Waals surface area contributed by atoms with E-state index in [1.807, 2.05) is 6.08 Å². The third kappa shape index (κ3) is 2.70. The molecule has 4 heteroatoms. The molecule has 0 unspecified atom stereocenters. The molecule has 0 bridgehead atoms. The van der Waals surface area contributed by atoms with Crippen molar-refractivity contribution in [2.75, 3.05) is 0 Å². The second-order valence-electron chi connectivity index (χ2n) is 4.16. The van der Waals surface area contributed by atoms with Gasteiger partial charge in [0.05, 0.1) is 16.8 Å². The van der Waals surface area contributed by atoms with Crippen LogP contribution in [-0.2, 0) is 4.79 Å². The molecule has 0 aliphatic heterocycles. The standard InChI is InChI=1S/C12H15NO2S/c14-12(15)10(11-7-16-8-13-11)6-9-4-2-1-3-5-9/h6-9H,1-5H2,(H,14,15)/b10-6-. The molecule has 16 heavy (non-hydrogen) atoms. The first-order valence-electron chi connectivity index (χ1n) is 5.61. The van der Waals surface area contributed by atoms with Gasteiger partial charge in [0.2, 0.25) is 0 Å². The fourth-order valence-electron chi connectivity index (χ4n) is 2.15. The van der Waals surface area contributed by atoms with E-state index in [1.165, 1.54) is 30.6 Å². The molecule has 3 nitrogen and oxygen atoms in total. The van der Waals surface area contributed by atoms with Crippen LogP contribution in [0.5, 0.6) is 0 Å². The van der Waals surface area contributed by atoms with Crippen LogP contribution in [-0.4, -0.2) is 16.1 Å². The molecule has 86 valence electrons. The molecule has 0 amide bonds. The van der Waals surface area contributed by atoms with Gasteiger partial charge in [0.25, 0.3) is 0 Å². The van der Waals surface area contributed by atoms with Crippen LogP contribution in [0.15, 0.2) is 17.0 Å². The summed E-state index contributed by atoms with van der Waals surface area (Å²) in [4.78, 5) is 15.2. The van der Waals surface area contributed by atoms with Gasteiger partial charge < -0.3 is 5.11 Å². The number of aliphatic carboxylic acids is 1. The van der Waals surface area contributed by atoms with Crippen LogP contribution in [0, 0.1) is 5.92 Å². The normalized spacial score (nSPS) is 18.6. The fraction of sp³-hybridized carbons (Fsp3) is 0.500. The Bertz CT molecular complexity index is 378. The zero-order chi connectivity index (χ0) is 11.4. The Morgan fingerprint density at radius 3 is 2.75 bits per heavy atom. The predicted octanol–water partition coefficient (Wildman–Crippen LogP) is 3.19. The number of rotatable bonds is 3. The Hall–Kier alpha value is -1.16. The number of aromatic nitrogens is 1. The van der Waals surface area contributed by atoms with Gasteiger partial charge >= 0.3 is 5.97 Å². The lowest BCUT2D eigenvalue weighted by atomic mass is 9.87. The van der Waals surface area contributed by atoms with Crippen molar-refractivity contribution in [1.29, 1.82) is 0 Å². The van der Waals surface area contributed by atoms with E-state index in [0.29, 0.717) is 17.2 Å². The van der Waals surface area contributed by atoms with Crippen LogP contribution in [0.3, 0.4) is 0 Å². The first kappa shape index (κ1) is 11.3. The van der Waals surface area contributed by atoms with Gasteiger partial charge in [0.15, 0.2) is 0 Å². The summed E-state index contributed by atoms with van der Waals surface area (Å²) in [5, 5.41) is 11.0. The van der Waals surface area contributed by atoms with E-state index in [9.17, 15) is 9.90 Å². The van der Waals surface area contributed by atoms with Gasteiger partial charge in [-0.2, -0.15) is 0 Å². The molecule has 1 saturated carbocycles. The van der Waals surface area contributed by atoms with Crippen LogP contribution in [0.2, 0.25) is 0 Å². The molecule has 1 heterocycles. The van der Waals surface area contributed by atoms with Crippen molar-refractivity contribution in [1.82, 2.24) is 4.98 Å². The maximum atomic E-state index is 11.2. The Morgan fingerprint density at radius 2 is 2.19 bits per heavy atom. The Balaban J connectivity index is 2.18. The lowest BCUT2D eigenvalue weighted by Crippen LogP contribution is -2.07. The molecule has 2 rings (SSSR count). The van der Waals surface area contributed by atoms with E-state index in [4.69, 9.17) is 0 Å². The summed E-state index contributed by atoms with van der Waals surface area (Å²) in [5.41, 5.74) is 2.64. The molecule has 0 atom stereocenters. The highest BCUT2D eigenvalue weighted by atomic mass is 32.1. The van der Waals surface area contributed by atoms with Gasteiger partial charge in [-0.3, -0.25) is 0 Å². The predicted molar refractivity (Wildman–Crippen MR) is 64.3 cm³/mol. The zero-order valence-corrected chi connectivity index (χ0v) is 9.87.